The van der Waals surface area contributed by atoms with Crippen LogP contribution in [0.15, 0.2) is 36.7 Å². The summed E-state index contributed by atoms with van der Waals surface area (Å²) in [5, 5.41) is 11.0. The molecule has 1 aliphatic carbocycles. The summed E-state index contributed by atoms with van der Waals surface area (Å²) in [7, 11) is 1.49. The molecule has 7 nitrogen and oxygen atoms in total. The smallest absolute Gasteiger partial charge is 0.213 e. The number of aromatic nitrogens is 2. The first kappa shape index (κ1) is 19.5. The molecule has 7 heteroatoms. The molecule has 0 saturated heterocycles. The van der Waals surface area contributed by atoms with Crippen LogP contribution >= 0.6 is 0 Å². The summed E-state index contributed by atoms with van der Waals surface area (Å²) in [6.45, 7) is 0.222. The van der Waals surface area contributed by atoms with E-state index in [1.54, 1.807) is 12.3 Å². The van der Waals surface area contributed by atoms with E-state index in [0.717, 1.165) is 29.8 Å². The van der Waals surface area contributed by atoms with Gasteiger partial charge in [-0.2, -0.15) is 0 Å². The summed E-state index contributed by atoms with van der Waals surface area (Å²) in [6.07, 6.45) is 11.6. The Labute approximate surface area is 164 Å². The zero-order chi connectivity index (χ0) is 19.8. The zero-order valence-corrected chi connectivity index (χ0v) is 15.9. The second-order valence-electron chi connectivity index (χ2n) is 6.55. The molecular formula is C21H24N4O3. The van der Waals surface area contributed by atoms with E-state index in [-0.39, 0.29) is 6.61 Å². The molecule has 2 N–H and O–H groups in total. The Balaban J connectivity index is 1.80. The summed E-state index contributed by atoms with van der Waals surface area (Å²) in [4.78, 5) is 19.9. The predicted octanol–water partition coefficient (Wildman–Crippen LogP) is 3.40. The topological polar surface area (TPSA) is 97.2 Å². The fraction of sp³-hybridized carbons (Fsp3) is 0.333. The van der Waals surface area contributed by atoms with Crippen molar-refractivity contribution in [1.29, 1.82) is 5.41 Å². The molecule has 0 bridgehead atoms. The number of hydrogen-bond donors (Lipinski definition) is 2. The van der Waals surface area contributed by atoms with Gasteiger partial charge in [0, 0.05) is 30.1 Å². The Kier molecular flexibility index (Phi) is 6.73. The van der Waals surface area contributed by atoms with Crippen LogP contribution in [0.25, 0.3) is 5.70 Å². The van der Waals surface area contributed by atoms with Gasteiger partial charge in [0.1, 0.15) is 12.4 Å². The molecule has 1 aliphatic rings. The van der Waals surface area contributed by atoms with Gasteiger partial charge in [0.05, 0.1) is 30.3 Å². The van der Waals surface area contributed by atoms with Crippen LogP contribution < -0.4 is 14.8 Å². The minimum atomic E-state index is 0.222. The molecule has 1 saturated carbocycles. The van der Waals surface area contributed by atoms with E-state index in [1.807, 2.05) is 12.1 Å². The quantitative estimate of drug-likeness (QED) is 0.511. The second-order valence-corrected chi connectivity index (χ2v) is 6.55. The largest absolute Gasteiger partial charge is 0.486 e. The molecule has 2 heterocycles. The maximum absolute atomic E-state index is 11.3. The lowest BCUT2D eigenvalue weighted by molar-refractivity contribution is 0.111. The molecular weight excluding hydrogens is 356 g/mol. The molecule has 0 atom stereocenters. The average Bonchev–Trinajstić information content (AvgIpc) is 3.25. The highest BCUT2D eigenvalue weighted by Gasteiger charge is 2.18. The number of ether oxygens (including phenoxy) is 2. The molecule has 1 fully saturated rings. The number of carbonyl (C=O) groups excluding carboxylic acids is 1. The SMILES string of the molecule is COc1cc(C=O)c(OCc2cccnc2/C(=C/C=N)NC2CCCC2)cn1. The summed E-state index contributed by atoms with van der Waals surface area (Å²) >= 11 is 0. The molecule has 0 amide bonds. The molecule has 0 unspecified atom stereocenters. The third kappa shape index (κ3) is 4.73. The predicted molar refractivity (Wildman–Crippen MR) is 107 cm³/mol. The van der Waals surface area contributed by atoms with Crippen molar-refractivity contribution in [3.8, 4) is 11.6 Å². The van der Waals surface area contributed by atoms with E-state index in [0.29, 0.717) is 29.5 Å². The number of rotatable bonds is 9. The first-order chi connectivity index (χ1) is 13.7. The van der Waals surface area contributed by atoms with Gasteiger partial charge in [-0.05, 0) is 25.0 Å². The Hall–Kier alpha value is -3.22. The Bertz CT molecular complexity index is 860. The average molecular weight is 380 g/mol. The molecule has 2 aromatic rings. The fourth-order valence-electron chi connectivity index (χ4n) is 3.28. The number of pyridine rings is 2. The van der Waals surface area contributed by atoms with Gasteiger partial charge in [0.2, 0.25) is 5.88 Å². The van der Waals surface area contributed by atoms with Crippen LogP contribution in [-0.2, 0) is 6.61 Å². The Morgan fingerprint density at radius 2 is 2.18 bits per heavy atom. The second kappa shape index (κ2) is 9.64. The molecule has 28 heavy (non-hydrogen) atoms. The van der Waals surface area contributed by atoms with E-state index < -0.39 is 0 Å². The summed E-state index contributed by atoms with van der Waals surface area (Å²) in [5.74, 6) is 0.737. The van der Waals surface area contributed by atoms with E-state index in [9.17, 15) is 4.79 Å². The van der Waals surface area contributed by atoms with Crippen molar-refractivity contribution < 1.29 is 14.3 Å². The summed E-state index contributed by atoms with van der Waals surface area (Å²) in [5.41, 5.74) is 2.78. The third-order valence-corrected chi connectivity index (χ3v) is 4.70. The van der Waals surface area contributed by atoms with Crippen LogP contribution in [0.3, 0.4) is 0 Å². The van der Waals surface area contributed by atoms with Crippen LogP contribution in [0.4, 0.5) is 0 Å². The van der Waals surface area contributed by atoms with Crippen LogP contribution in [0.2, 0.25) is 0 Å². The minimum Gasteiger partial charge on any atom is -0.486 e. The fourth-order valence-corrected chi connectivity index (χ4v) is 3.28. The van der Waals surface area contributed by atoms with Crippen molar-refractivity contribution in [2.75, 3.05) is 7.11 Å². The number of hydrogen-bond acceptors (Lipinski definition) is 7. The first-order valence-electron chi connectivity index (χ1n) is 9.28. The minimum absolute atomic E-state index is 0.222. The van der Waals surface area contributed by atoms with Gasteiger partial charge in [-0.1, -0.05) is 18.9 Å². The van der Waals surface area contributed by atoms with Gasteiger partial charge in [0.15, 0.2) is 6.29 Å². The Morgan fingerprint density at radius 3 is 2.89 bits per heavy atom. The van der Waals surface area contributed by atoms with Crippen LogP contribution in [0, 0.1) is 5.41 Å². The van der Waals surface area contributed by atoms with Crippen LogP contribution in [-0.4, -0.2) is 35.6 Å². The van der Waals surface area contributed by atoms with Gasteiger partial charge in [-0.15, -0.1) is 0 Å². The molecule has 2 aromatic heterocycles. The maximum Gasteiger partial charge on any atom is 0.213 e. The van der Waals surface area contributed by atoms with E-state index >= 15 is 0 Å². The van der Waals surface area contributed by atoms with Gasteiger partial charge in [-0.3, -0.25) is 9.78 Å². The first-order valence-corrected chi connectivity index (χ1v) is 9.28. The summed E-state index contributed by atoms with van der Waals surface area (Å²) < 4.78 is 10.9. The van der Waals surface area contributed by atoms with Crippen molar-refractivity contribution in [3.63, 3.8) is 0 Å². The lowest BCUT2D eigenvalue weighted by Gasteiger charge is -2.19. The molecule has 0 aromatic carbocycles. The number of nitrogens with zero attached hydrogens (tertiary/aromatic N) is 2. The van der Waals surface area contributed by atoms with Gasteiger partial charge in [0.25, 0.3) is 0 Å². The van der Waals surface area contributed by atoms with E-state index in [2.05, 4.69) is 15.3 Å². The van der Waals surface area contributed by atoms with Gasteiger partial charge in [-0.25, -0.2) is 4.98 Å². The number of methoxy groups -OCH3 is 1. The number of allylic oxidation sites excluding steroid dienone is 1. The van der Waals surface area contributed by atoms with E-state index in [1.165, 1.54) is 38.4 Å². The third-order valence-electron chi connectivity index (χ3n) is 4.70. The lowest BCUT2D eigenvalue weighted by atomic mass is 10.1. The molecule has 3 rings (SSSR count). The number of carbonyl (C=O) groups is 1. The highest BCUT2D eigenvalue weighted by atomic mass is 16.5. The molecule has 0 aliphatic heterocycles. The summed E-state index contributed by atoms with van der Waals surface area (Å²) in [6, 6.07) is 5.70. The van der Waals surface area contributed by atoms with Gasteiger partial charge >= 0.3 is 0 Å². The van der Waals surface area contributed by atoms with Crippen molar-refractivity contribution in [3.05, 3.63) is 53.5 Å². The molecule has 146 valence electrons. The lowest BCUT2D eigenvalue weighted by Crippen LogP contribution is -2.25. The zero-order valence-electron chi connectivity index (χ0n) is 15.9. The van der Waals surface area contributed by atoms with Crippen molar-refractivity contribution in [2.24, 2.45) is 0 Å². The molecule has 0 spiro atoms. The number of aldehydes is 1. The highest BCUT2D eigenvalue weighted by molar-refractivity contribution is 5.82. The highest BCUT2D eigenvalue weighted by Crippen LogP contribution is 2.24. The van der Waals surface area contributed by atoms with E-state index in [4.69, 9.17) is 14.9 Å². The molecule has 0 radical (unpaired) electrons. The normalized spacial score (nSPS) is 14.5. The van der Waals surface area contributed by atoms with Crippen LogP contribution in [0.5, 0.6) is 11.6 Å². The van der Waals surface area contributed by atoms with Crippen LogP contribution in [0.1, 0.15) is 47.3 Å². The van der Waals surface area contributed by atoms with Crippen molar-refractivity contribution in [2.45, 2.75) is 38.3 Å². The number of nitrogens with one attached hydrogen (secondary N) is 2. The van der Waals surface area contributed by atoms with Gasteiger partial charge < -0.3 is 20.2 Å². The maximum atomic E-state index is 11.3. The Morgan fingerprint density at radius 1 is 1.36 bits per heavy atom. The standard InChI is InChI=1S/C21H24N4O3/c1-27-20-11-16(13-26)19(12-24-20)28-14-15-5-4-10-23-21(15)18(8-9-22)25-17-6-2-3-7-17/h4-5,8-13,17,22,25H,2-3,6-7,14H2,1H3/b18-8-,22-9?. The monoisotopic (exact) mass is 380 g/mol. The van der Waals surface area contributed by atoms with Crippen molar-refractivity contribution >= 4 is 18.2 Å². The van der Waals surface area contributed by atoms with Crippen molar-refractivity contribution in [1.82, 2.24) is 15.3 Å².